The largest absolute Gasteiger partial charge is 0.328 e. The van der Waals surface area contributed by atoms with Crippen molar-refractivity contribution in [3.8, 4) is 0 Å². The number of aromatic nitrogens is 1. The number of H-pyrrole nitrogens is 1. The molecule has 18 heavy (non-hydrogen) atoms. The number of amides is 1. The second kappa shape index (κ2) is 5.25. The predicted octanol–water partition coefficient (Wildman–Crippen LogP) is 2.93. The summed E-state index contributed by atoms with van der Waals surface area (Å²) in [6, 6.07) is 7.64. The van der Waals surface area contributed by atoms with E-state index in [2.05, 4.69) is 10.3 Å². The minimum Gasteiger partial charge on any atom is -0.328 e. The normalized spacial score (nSPS) is 10.1. The standard InChI is InChI=1S/C12H8Cl2N2O2/c13-7-4-8(14)6-9(5-7)16-12(18)10-2-1-3-15-11(10)17/h1-6H,(H,15,17)(H,16,18). The summed E-state index contributed by atoms with van der Waals surface area (Å²) >= 11 is 11.6. The van der Waals surface area contributed by atoms with Crippen LogP contribution in [0.4, 0.5) is 5.69 Å². The average molecular weight is 283 g/mol. The number of carbonyl (C=O) groups is 1. The second-order valence-corrected chi connectivity index (χ2v) is 4.40. The number of pyridine rings is 1. The Labute approximate surface area is 113 Å². The van der Waals surface area contributed by atoms with Gasteiger partial charge in [-0.15, -0.1) is 0 Å². The molecular weight excluding hydrogens is 275 g/mol. The fraction of sp³-hybridized carbons (Fsp3) is 0. The number of benzene rings is 1. The van der Waals surface area contributed by atoms with E-state index in [1.54, 1.807) is 24.3 Å². The highest BCUT2D eigenvalue weighted by Crippen LogP contribution is 2.22. The van der Waals surface area contributed by atoms with Crippen molar-refractivity contribution >= 4 is 34.8 Å². The summed E-state index contributed by atoms with van der Waals surface area (Å²) in [4.78, 5) is 25.7. The summed E-state index contributed by atoms with van der Waals surface area (Å²) in [5.41, 5.74) is -0.00234. The number of rotatable bonds is 2. The maximum absolute atomic E-state index is 11.8. The van der Waals surface area contributed by atoms with Gasteiger partial charge >= 0.3 is 0 Å². The first kappa shape index (κ1) is 12.7. The molecule has 1 aromatic carbocycles. The van der Waals surface area contributed by atoms with Gasteiger partial charge in [0.05, 0.1) is 0 Å². The molecule has 1 amide bonds. The number of aromatic amines is 1. The van der Waals surface area contributed by atoms with Gasteiger partial charge in [0, 0.05) is 21.9 Å². The third kappa shape index (κ3) is 2.91. The Morgan fingerprint density at radius 3 is 2.44 bits per heavy atom. The van der Waals surface area contributed by atoms with E-state index in [-0.39, 0.29) is 5.56 Å². The van der Waals surface area contributed by atoms with Crippen molar-refractivity contribution in [3.05, 3.63) is 62.5 Å². The Morgan fingerprint density at radius 1 is 1.17 bits per heavy atom. The van der Waals surface area contributed by atoms with Crippen molar-refractivity contribution in [2.24, 2.45) is 0 Å². The highest BCUT2D eigenvalue weighted by atomic mass is 35.5. The van der Waals surface area contributed by atoms with Crippen LogP contribution in [0, 0.1) is 0 Å². The van der Waals surface area contributed by atoms with Crippen LogP contribution in [0.2, 0.25) is 10.0 Å². The molecule has 0 bridgehead atoms. The maximum atomic E-state index is 11.8. The molecule has 4 nitrogen and oxygen atoms in total. The fourth-order valence-corrected chi connectivity index (χ4v) is 1.95. The first-order valence-electron chi connectivity index (χ1n) is 5.01. The summed E-state index contributed by atoms with van der Waals surface area (Å²) in [6.07, 6.45) is 1.45. The first-order valence-corrected chi connectivity index (χ1v) is 5.77. The summed E-state index contributed by atoms with van der Waals surface area (Å²) in [5.74, 6) is -0.518. The third-order valence-electron chi connectivity index (χ3n) is 2.18. The van der Waals surface area contributed by atoms with E-state index < -0.39 is 11.5 Å². The summed E-state index contributed by atoms with van der Waals surface area (Å²) in [5, 5.41) is 3.36. The average Bonchev–Trinajstić information content (AvgIpc) is 2.27. The van der Waals surface area contributed by atoms with E-state index in [1.165, 1.54) is 12.3 Å². The van der Waals surface area contributed by atoms with Gasteiger partial charge in [-0.3, -0.25) is 9.59 Å². The molecule has 0 aliphatic rings. The van der Waals surface area contributed by atoms with E-state index >= 15 is 0 Å². The molecule has 0 unspecified atom stereocenters. The Bertz CT molecular complexity index is 632. The minimum absolute atomic E-state index is 0.0218. The topological polar surface area (TPSA) is 62.0 Å². The van der Waals surface area contributed by atoms with Crippen LogP contribution in [0.15, 0.2) is 41.3 Å². The van der Waals surface area contributed by atoms with Crippen molar-refractivity contribution in [2.75, 3.05) is 5.32 Å². The van der Waals surface area contributed by atoms with Gasteiger partial charge in [0.15, 0.2) is 0 Å². The lowest BCUT2D eigenvalue weighted by molar-refractivity contribution is 0.102. The van der Waals surface area contributed by atoms with Gasteiger partial charge in [-0.2, -0.15) is 0 Å². The molecule has 0 fully saturated rings. The van der Waals surface area contributed by atoms with Crippen LogP contribution < -0.4 is 10.9 Å². The minimum atomic E-state index is -0.518. The molecule has 2 N–H and O–H groups in total. The molecule has 2 aromatic rings. The summed E-state index contributed by atoms with van der Waals surface area (Å²) in [7, 11) is 0. The van der Waals surface area contributed by atoms with Crippen LogP contribution in [0.25, 0.3) is 0 Å². The van der Waals surface area contributed by atoms with Crippen LogP contribution >= 0.6 is 23.2 Å². The first-order chi connectivity index (χ1) is 8.56. The zero-order chi connectivity index (χ0) is 13.1. The van der Waals surface area contributed by atoms with Gasteiger partial charge in [0.1, 0.15) is 5.56 Å². The number of halogens is 2. The highest BCUT2D eigenvalue weighted by Gasteiger charge is 2.10. The molecule has 92 valence electrons. The Morgan fingerprint density at radius 2 is 1.83 bits per heavy atom. The Hall–Kier alpha value is -1.78. The van der Waals surface area contributed by atoms with Gasteiger partial charge in [-0.05, 0) is 30.3 Å². The number of nitrogens with one attached hydrogen (secondary N) is 2. The number of carbonyl (C=O) groups excluding carboxylic acids is 1. The molecule has 0 atom stereocenters. The molecule has 1 heterocycles. The second-order valence-electron chi connectivity index (χ2n) is 3.53. The van der Waals surface area contributed by atoms with E-state index in [4.69, 9.17) is 23.2 Å². The molecule has 1 aromatic heterocycles. The highest BCUT2D eigenvalue weighted by molar-refractivity contribution is 6.35. The molecule has 0 aliphatic carbocycles. The van der Waals surface area contributed by atoms with Crippen molar-refractivity contribution < 1.29 is 4.79 Å². The quantitative estimate of drug-likeness (QED) is 0.890. The van der Waals surface area contributed by atoms with Crippen molar-refractivity contribution in [3.63, 3.8) is 0 Å². The maximum Gasteiger partial charge on any atom is 0.261 e. The smallest absolute Gasteiger partial charge is 0.261 e. The fourth-order valence-electron chi connectivity index (χ4n) is 1.42. The lowest BCUT2D eigenvalue weighted by Gasteiger charge is -2.05. The van der Waals surface area contributed by atoms with E-state index in [0.29, 0.717) is 15.7 Å². The predicted molar refractivity (Wildman–Crippen MR) is 71.5 cm³/mol. The van der Waals surface area contributed by atoms with E-state index in [0.717, 1.165) is 0 Å². The van der Waals surface area contributed by atoms with Crippen molar-refractivity contribution in [1.82, 2.24) is 4.98 Å². The van der Waals surface area contributed by atoms with Gasteiger partial charge in [-0.25, -0.2) is 0 Å². The van der Waals surface area contributed by atoms with E-state index in [9.17, 15) is 9.59 Å². The van der Waals surface area contributed by atoms with Crippen LogP contribution in [0.5, 0.6) is 0 Å². The number of hydrogen-bond donors (Lipinski definition) is 2. The SMILES string of the molecule is O=C(Nc1cc(Cl)cc(Cl)c1)c1ccc[nH]c1=O. The summed E-state index contributed by atoms with van der Waals surface area (Å²) in [6.45, 7) is 0. The Balaban J connectivity index is 2.27. The van der Waals surface area contributed by atoms with Gasteiger partial charge in [0.2, 0.25) is 0 Å². The lowest BCUT2D eigenvalue weighted by atomic mass is 10.2. The molecule has 0 saturated carbocycles. The van der Waals surface area contributed by atoms with Crippen molar-refractivity contribution in [2.45, 2.75) is 0 Å². The van der Waals surface area contributed by atoms with Crippen LogP contribution in [0.1, 0.15) is 10.4 Å². The molecule has 0 aliphatic heterocycles. The molecule has 0 saturated heterocycles. The summed E-state index contributed by atoms with van der Waals surface area (Å²) < 4.78 is 0. The van der Waals surface area contributed by atoms with Gasteiger partial charge in [0.25, 0.3) is 11.5 Å². The zero-order valence-corrected chi connectivity index (χ0v) is 10.5. The van der Waals surface area contributed by atoms with Gasteiger partial charge in [-0.1, -0.05) is 23.2 Å². The van der Waals surface area contributed by atoms with E-state index in [1.807, 2.05) is 0 Å². The molecular formula is C12H8Cl2N2O2. The number of anilines is 1. The number of hydrogen-bond acceptors (Lipinski definition) is 2. The van der Waals surface area contributed by atoms with Crippen LogP contribution in [0.3, 0.4) is 0 Å². The molecule has 0 spiro atoms. The molecule has 6 heteroatoms. The van der Waals surface area contributed by atoms with Crippen LogP contribution in [-0.2, 0) is 0 Å². The third-order valence-corrected chi connectivity index (χ3v) is 2.62. The monoisotopic (exact) mass is 282 g/mol. The molecule has 2 rings (SSSR count). The Kier molecular flexibility index (Phi) is 3.69. The van der Waals surface area contributed by atoms with Crippen molar-refractivity contribution in [1.29, 1.82) is 0 Å². The van der Waals surface area contributed by atoms with Gasteiger partial charge < -0.3 is 10.3 Å². The van der Waals surface area contributed by atoms with Crippen LogP contribution in [-0.4, -0.2) is 10.9 Å². The zero-order valence-electron chi connectivity index (χ0n) is 9.04. The lowest BCUT2D eigenvalue weighted by Crippen LogP contribution is -2.22. The molecule has 0 radical (unpaired) electrons.